The van der Waals surface area contributed by atoms with Gasteiger partial charge in [0.25, 0.3) is 5.82 Å². The van der Waals surface area contributed by atoms with E-state index in [4.69, 9.17) is 0 Å². The monoisotopic (exact) mass is 268 g/mol. The Balaban J connectivity index is 1.83. The summed E-state index contributed by atoms with van der Waals surface area (Å²) in [5.41, 5.74) is 1.75. The van der Waals surface area contributed by atoms with Crippen molar-refractivity contribution < 1.29 is 13.2 Å². The molecular formula is C12H11F3N4. The van der Waals surface area contributed by atoms with Crippen LogP contribution in [0.25, 0.3) is 5.69 Å². The van der Waals surface area contributed by atoms with Gasteiger partial charge in [-0.25, -0.2) is 9.67 Å². The minimum absolute atomic E-state index is 0.496. The van der Waals surface area contributed by atoms with Crippen molar-refractivity contribution >= 4 is 0 Å². The SMILES string of the molecule is FC(F)(F)c1ncn(-c2ccc(C3CNC3)cc2)n1. The number of hydrogen-bond acceptors (Lipinski definition) is 3. The van der Waals surface area contributed by atoms with Crippen LogP contribution in [0, 0.1) is 0 Å². The molecular weight excluding hydrogens is 257 g/mol. The average Bonchev–Trinajstić information content (AvgIpc) is 2.76. The topological polar surface area (TPSA) is 42.7 Å². The van der Waals surface area contributed by atoms with Gasteiger partial charge in [0.05, 0.1) is 5.69 Å². The first-order chi connectivity index (χ1) is 9.04. The molecule has 0 bridgehead atoms. The zero-order valence-corrected chi connectivity index (χ0v) is 9.85. The molecule has 0 aliphatic carbocycles. The van der Waals surface area contributed by atoms with Crippen LogP contribution in [-0.2, 0) is 6.18 Å². The highest BCUT2D eigenvalue weighted by Crippen LogP contribution is 2.26. The van der Waals surface area contributed by atoms with Crippen molar-refractivity contribution in [1.82, 2.24) is 20.1 Å². The summed E-state index contributed by atoms with van der Waals surface area (Å²) in [5, 5.41) is 6.60. The fraction of sp³-hybridized carbons (Fsp3) is 0.333. The largest absolute Gasteiger partial charge is 0.453 e. The number of nitrogens with zero attached hydrogens (tertiary/aromatic N) is 3. The van der Waals surface area contributed by atoms with Gasteiger partial charge in [-0.1, -0.05) is 12.1 Å². The maximum atomic E-state index is 12.4. The van der Waals surface area contributed by atoms with Gasteiger partial charge in [0, 0.05) is 19.0 Å². The maximum absolute atomic E-state index is 12.4. The maximum Gasteiger partial charge on any atom is 0.453 e. The molecule has 1 aliphatic rings. The highest BCUT2D eigenvalue weighted by atomic mass is 19.4. The van der Waals surface area contributed by atoms with Gasteiger partial charge >= 0.3 is 6.18 Å². The van der Waals surface area contributed by atoms with E-state index >= 15 is 0 Å². The van der Waals surface area contributed by atoms with Gasteiger partial charge in [-0.2, -0.15) is 13.2 Å². The quantitative estimate of drug-likeness (QED) is 0.905. The van der Waals surface area contributed by atoms with Crippen molar-refractivity contribution in [3.63, 3.8) is 0 Å². The predicted octanol–water partition coefficient (Wildman–Crippen LogP) is 1.97. The summed E-state index contributed by atoms with van der Waals surface area (Å²) in [6, 6.07) is 7.33. The Kier molecular flexibility index (Phi) is 2.78. The lowest BCUT2D eigenvalue weighted by atomic mass is 9.94. The average molecular weight is 268 g/mol. The van der Waals surface area contributed by atoms with Crippen molar-refractivity contribution in [3.8, 4) is 5.69 Å². The Morgan fingerprint density at radius 2 is 1.84 bits per heavy atom. The second-order valence-electron chi connectivity index (χ2n) is 4.46. The summed E-state index contributed by atoms with van der Waals surface area (Å²) in [6.07, 6.45) is -3.44. The van der Waals surface area contributed by atoms with E-state index in [1.54, 1.807) is 12.1 Å². The number of benzene rings is 1. The molecule has 1 aromatic carbocycles. The van der Waals surface area contributed by atoms with Crippen LogP contribution in [0.4, 0.5) is 13.2 Å². The number of hydrogen-bond donors (Lipinski definition) is 1. The summed E-state index contributed by atoms with van der Waals surface area (Å²) in [5.74, 6) is -0.629. The Bertz CT molecular complexity index is 569. The van der Waals surface area contributed by atoms with Crippen LogP contribution in [0.3, 0.4) is 0 Å². The lowest BCUT2D eigenvalue weighted by Gasteiger charge is -2.27. The van der Waals surface area contributed by atoms with E-state index in [1.807, 2.05) is 12.1 Å². The molecule has 1 fully saturated rings. The first-order valence-corrected chi connectivity index (χ1v) is 5.84. The van der Waals surface area contributed by atoms with Crippen molar-refractivity contribution in [2.24, 2.45) is 0 Å². The molecule has 1 N–H and O–H groups in total. The molecule has 0 amide bonds. The lowest BCUT2D eigenvalue weighted by Crippen LogP contribution is -2.39. The standard InChI is InChI=1S/C12H11F3N4/c13-12(14,15)11-17-7-19(18-11)10-3-1-8(2-4-10)9-5-16-6-9/h1-4,7,9,16H,5-6H2. The summed E-state index contributed by atoms with van der Waals surface area (Å²) >= 11 is 0. The van der Waals surface area contributed by atoms with E-state index in [9.17, 15) is 13.2 Å². The van der Waals surface area contributed by atoms with Crippen LogP contribution in [-0.4, -0.2) is 27.9 Å². The van der Waals surface area contributed by atoms with Gasteiger partial charge in [0.15, 0.2) is 0 Å². The molecule has 3 rings (SSSR count). The molecule has 1 aliphatic heterocycles. The van der Waals surface area contributed by atoms with Crippen molar-refractivity contribution in [2.45, 2.75) is 12.1 Å². The molecule has 0 atom stereocenters. The second-order valence-corrected chi connectivity index (χ2v) is 4.46. The molecule has 1 saturated heterocycles. The summed E-state index contributed by atoms with van der Waals surface area (Å²) in [7, 11) is 0. The van der Waals surface area contributed by atoms with Gasteiger partial charge in [0.2, 0.25) is 0 Å². The molecule has 0 unspecified atom stereocenters. The van der Waals surface area contributed by atoms with Gasteiger partial charge in [-0.3, -0.25) is 0 Å². The highest BCUT2D eigenvalue weighted by Gasteiger charge is 2.35. The molecule has 0 saturated carbocycles. The van der Waals surface area contributed by atoms with E-state index in [2.05, 4.69) is 15.4 Å². The third-order valence-corrected chi connectivity index (χ3v) is 3.16. The third-order valence-electron chi connectivity index (χ3n) is 3.16. The van der Waals surface area contributed by atoms with Gasteiger partial charge in [0.1, 0.15) is 6.33 Å². The Labute approximate surface area is 107 Å². The molecule has 0 spiro atoms. The first kappa shape index (κ1) is 12.2. The zero-order valence-electron chi connectivity index (χ0n) is 9.85. The minimum Gasteiger partial charge on any atom is -0.315 e. The number of rotatable bonds is 2. The number of aromatic nitrogens is 3. The number of nitrogens with one attached hydrogen (secondary N) is 1. The van der Waals surface area contributed by atoms with Crippen LogP contribution in [0.15, 0.2) is 30.6 Å². The fourth-order valence-electron chi connectivity index (χ4n) is 1.94. The highest BCUT2D eigenvalue weighted by molar-refractivity contribution is 5.35. The molecule has 0 radical (unpaired) electrons. The zero-order chi connectivity index (χ0) is 13.5. The molecule has 1 aromatic heterocycles. The van der Waals surface area contributed by atoms with Crippen molar-refractivity contribution in [1.29, 1.82) is 0 Å². The lowest BCUT2D eigenvalue weighted by molar-refractivity contribution is -0.144. The smallest absolute Gasteiger partial charge is 0.315 e. The second kappa shape index (κ2) is 4.34. The summed E-state index contributed by atoms with van der Waals surface area (Å²) < 4.78 is 38.3. The normalized spacial score (nSPS) is 16.4. The van der Waals surface area contributed by atoms with E-state index < -0.39 is 12.0 Å². The third kappa shape index (κ3) is 2.33. The molecule has 4 nitrogen and oxygen atoms in total. The van der Waals surface area contributed by atoms with Crippen molar-refractivity contribution in [2.75, 3.05) is 13.1 Å². The van der Waals surface area contributed by atoms with Crippen molar-refractivity contribution in [3.05, 3.63) is 42.0 Å². The Hall–Kier alpha value is -1.89. The van der Waals surface area contributed by atoms with E-state index in [1.165, 1.54) is 5.56 Å². The Morgan fingerprint density at radius 3 is 2.32 bits per heavy atom. The van der Waals surface area contributed by atoms with E-state index in [-0.39, 0.29) is 0 Å². The minimum atomic E-state index is -4.51. The first-order valence-electron chi connectivity index (χ1n) is 5.84. The predicted molar refractivity (Wildman–Crippen MR) is 62.0 cm³/mol. The van der Waals surface area contributed by atoms with Gasteiger partial charge in [-0.05, 0) is 17.7 Å². The molecule has 19 heavy (non-hydrogen) atoms. The molecule has 2 aromatic rings. The number of halogens is 3. The van der Waals surface area contributed by atoms with E-state index in [0.717, 1.165) is 24.1 Å². The van der Waals surface area contributed by atoms with Gasteiger partial charge in [-0.15, -0.1) is 5.10 Å². The molecule has 100 valence electrons. The van der Waals surface area contributed by atoms with Crippen LogP contribution >= 0.6 is 0 Å². The van der Waals surface area contributed by atoms with Crippen LogP contribution < -0.4 is 5.32 Å². The molecule has 2 heterocycles. The van der Waals surface area contributed by atoms with Crippen LogP contribution in [0.5, 0.6) is 0 Å². The molecule has 7 heteroatoms. The number of alkyl halides is 3. The fourth-order valence-corrected chi connectivity index (χ4v) is 1.94. The van der Waals surface area contributed by atoms with E-state index in [0.29, 0.717) is 11.6 Å². The summed E-state index contributed by atoms with van der Waals surface area (Å²) in [6.45, 7) is 1.89. The summed E-state index contributed by atoms with van der Waals surface area (Å²) in [4.78, 5) is 3.27. The van der Waals surface area contributed by atoms with Crippen LogP contribution in [0.1, 0.15) is 17.3 Å². The van der Waals surface area contributed by atoms with Crippen LogP contribution in [0.2, 0.25) is 0 Å². The Morgan fingerprint density at radius 1 is 1.16 bits per heavy atom. The van der Waals surface area contributed by atoms with Gasteiger partial charge < -0.3 is 5.32 Å².